The third-order valence-electron chi connectivity index (χ3n) is 7.61. The Morgan fingerprint density at radius 1 is 0.750 bits per heavy atom. The smallest absolute Gasteiger partial charge is 0.429 e. The zero-order valence-electron chi connectivity index (χ0n) is 25.3. The lowest BCUT2D eigenvalue weighted by atomic mass is 10.0. The molecule has 1 fully saturated rings. The summed E-state index contributed by atoms with van der Waals surface area (Å²) in [5.41, 5.74) is -0.852. The minimum atomic E-state index is -4.85. The summed E-state index contributed by atoms with van der Waals surface area (Å²) in [6, 6.07) is 11.0. The van der Waals surface area contributed by atoms with Crippen LogP contribution in [0.3, 0.4) is 0 Å². The molecule has 0 aromatic heterocycles. The Kier molecular flexibility index (Phi) is 10.7. The van der Waals surface area contributed by atoms with Gasteiger partial charge in [-0.2, -0.15) is 8.78 Å². The van der Waals surface area contributed by atoms with Crippen LogP contribution < -0.4 is 9.47 Å². The van der Waals surface area contributed by atoms with E-state index in [0.29, 0.717) is 30.3 Å². The summed E-state index contributed by atoms with van der Waals surface area (Å²) in [5, 5.41) is 0. The molecule has 4 aromatic rings. The molecule has 0 aliphatic carbocycles. The van der Waals surface area contributed by atoms with Gasteiger partial charge in [0, 0.05) is 35.7 Å². The van der Waals surface area contributed by atoms with Gasteiger partial charge >= 0.3 is 12.1 Å². The van der Waals surface area contributed by atoms with Gasteiger partial charge in [0.05, 0.1) is 18.8 Å². The lowest BCUT2D eigenvalue weighted by Gasteiger charge is -2.29. The van der Waals surface area contributed by atoms with Crippen molar-refractivity contribution in [3.05, 3.63) is 118 Å². The van der Waals surface area contributed by atoms with Crippen molar-refractivity contribution in [1.29, 1.82) is 0 Å². The van der Waals surface area contributed by atoms with E-state index in [1.54, 1.807) is 24.3 Å². The number of carbonyl (C=O) groups is 1. The van der Waals surface area contributed by atoms with Crippen LogP contribution in [-0.4, -0.2) is 19.2 Å². The van der Waals surface area contributed by atoms with Gasteiger partial charge in [-0.1, -0.05) is 56.5 Å². The minimum absolute atomic E-state index is 0.0539. The molecule has 0 spiro atoms. The van der Waals surface area contributed by atoms with Gasteiger partial charge in [-0.15, -0.1) is 0 Å². The standard InChI is InChI=1S/C35H28F8O5/c1-2-3-4-5-19-17-45-34(46-18-19)21-8-6-20(7-9-21)22-10-11-25(26(36)12-22)33(44)47-23-13-27(37)31(28(38)14-23)35(42,43)48-24-15-29(39)32(41)30(40)16-24/h6-16,19,34H,2-5,17-18H2,1H3. The molecule has 1 aliphatic rings. The Bertz CT molecular complexity index is 1730. The van der Waals surface area contributed by atoms with E-state index >= 15 is 0 Å². The highest BCUT2D eigenvalue weighted by Crippen LogP contribution is 2.38. The van der Waals surface area contributed by atoms with Crippen LogP contribution in [0.25, 0.3) is 11.1 Å². The topological polar surface area (TPSA) is 54.0 Å². The summed E-state index contributed by atoms with van der Waals surface area (Å²) >= 11 is 0. The normalized spacial score (nSPS) is 16.5. The molecule has 4 aromatic carbocycles. The van der Waals surface area contributed by atoms with Gasteiger partial charge in [-0.05, 0) is 29.7 Å². The quantitative estimate of drug-likeness (QED) is 0.0519. The lowest BCUT2D eigenvalue weighted by Crippen LogP contribution is -2.27. The Balaban J connectivity index is 1.23. The highest BCUT2D eigenvalue weighted by molar-refractivity contribution is 5.92. The summed E-state index contributed by atoms with van der Waals surface area (Å²) < 4.78 is 134. The molecule has 0 unspecified atom stereocenters. The molecule has 0 atom stereocenters. The van der Waals surface area contributed by atoms with Gasteiger partial charge < -0.3 is 18.9 Å². The molecule has 0 amide bonds. The molecule has 0 radical (unpaired) electrons. The number of unbranched alkanes of at least 4 members (excludes halogenated alkanes) is 2. The van der Waals surface area contributed by atoms with Crippen LogP contribution in [0.1, 0.15) is 60.4 Å². The molecule has 0 bridgehead atoms. The van der Waals surface area contributed by atoms with Crippen molar-refractivity contribution in [2.45, 2.75) is 45.0 Å². The predicted molar refractivity (Wildman–Crippen MR) is 156 cm³/mol. The second kappa shape index (κ2) is 14.7. The van der Waals surface area contributed by atoms with Crippen LogP contribution in [-0.2, 0) is 15.6 Å². The second-order valence-electron chi connectivity index (χ2n) is 11.1. The van der Waals surface area contributed by atoms with Crippen molar-refractivity contribution < 1.29 is 58.9 Å². The van der Waals surface area contributed by atoms with E-state index in [1.807, 2.05) is 0 Å². The Labute approximate surface area is 270 Å². The third kappa shape index (κ3) is 7.96. The zero-order valence-corrected chi connectivity index (χ0v) is 25.3. The van der Waals surface area contributed by atoms with Crippen molar-refractivity contribution in [2.24, 2.45) is 5.92 Å². The fraction of sp³-hybridized carbons (Fsp3) is 0.286. The molecule has 1 aliphatic heterocycles. The molecule has 1 heterocycles. The number of halogens is 8. The molecule has 1 saturated heterocycles. The number of carbonyl (C=O) groups excluding carboxylic acids is 1. The average molecular weight is 681 g/mol. The number of ether oxygens (including phenoxy) is 4. The summed E-state index contributed by atoms with van der Waals surface area (Å²) in [6.07, 6.45) is -0.907. The monoisotopic (exact) mass is 680 g/mol. The van der Waals surface area contributed by atoms with Crippen molar-refractivity contribution in [3.63, 3.8) is 0 Å². The number of hydrogen-bond donors (Lipinski definition) is 0. The SMILES string of the molecule is CCCCCC1COC(c2ccc(-c3ccc(C(=O)Oc4cc(F)c(C(F)(F)Oc5cc(F)c(F)c(F)c5)c(F)c4)c(F)c3)cc2)OC1. The van der Waals surface area contributed by atoms with E-state index in [1.165, 1.54) is 6.07 Å². The third-order valence-corrected chi connectivity index (χ3v) is 7.61. The van der Waals surface area contributed by atoms with E-state index in [9.17, 15) is 39.9 Å². The van der Waals surface area contributed by atoms with E-state index in [-0.39, 0.29) is 24.3 Å². The van der Waals surface area contributed by atoms with Crippen molar-refractivity contribution in [1.82, 2.24) is 0 Å². The highest BCUT2D eigenvalue weighted by atomic mass is 19.3. The molecular formula is C35H28F8O5. The molecule has 254 valence electrons. The van der Waals surface area contributed by atoms with Gasteiger partial charge in [0.25, 0.3) is 0 Å². The Hall–Kier alpha value is -4.49. The number of esters is 1. The van der Waals surface area contributed by atoms with Crippen LogP contribution >= 0.6 is 0 Å². The van der Waals surface area contributed by atoms with Crippen LogP contribution in [0.4, 0.5) is 35.1 Å². The van der Waals surface area contributed by atoms with Gasteiger partial charge in [-0.25, -0.2) is 31.1 Å². The van der Waals surface area contributed by atoms with Gasteiger partial charge in [0.2, 0.25) is 0 Å². The second-order valence-corrected chi connectivity index (χ2v) is 11.1. The molecular weight excluding hydrogens is 652 g/mol. The first-order valence-electron chi connectivity index (χ1n) is 14.9. The van der Waals surface area contributed by atoms with Crippen molar-refractivity contribution >= 4 is 5.97 Å². The molecule has 0 saturated carbocycles. The Morgan fingerprint density at radius 3 is 1.92 bits per heavy atom. The number of alkyl halides is 2. The number of rotatable bonds is 11. The summed E-state index contributed by atoms with van der Waals surface area (Å²) in [5.74, 6) is -13.9. The molecule has 13 heteroatoms. The summed E-state index contributed by atoms with van der Waals surface area (Å²) in [4.78, 5) is 12.6. The first-order chi connectivity index (χ1) is 22.9. The predicted octanol–water partition coefficient (Wildman–Crippen LogP) is 9.78. The average Bonchev–Trinajstić information content (AvgIpc) is 3.03. The number of benzene rings is 4. The molecule has 48 heavy (non-hydrogen) atoms. The fourth-order valence-corrected chi connectivity index (χ4v) is 5.12. The van der Waals surface area contributed by atoms with Gasteiger partial charge in [0.1, 0.15) is 34.5 Å². The molecule has 5 nitrogen and oxygen atoms in total. The lowest BCUT2D eigenvalue weighted by molar-refractivity contribution is -0.206. The van der Waals surface area contributed by atoms with E-state index in [0.717, 1.165) is 43.4 Å². The van der Waals surface area contributed by atoms with Crippen LogP contribution in [0, 0.1) is 40.8 Å². The Morgan fingerprint density at radius 2 is 1.33 bits per heavy atom. The van der Waals surface area contributed by atoms with E-state index in [2.05, 4.69) is 11.7 Å². The van der Waals surface area contributed by atoms with Crippen LogP contribution in [0.2, 0.25) is 0 Å². The maximum absolute atomic E-state index is 15.0. The van der Waals surface area contributed by atoms with Crippen molar-refractivity contribution in [2.75, 3.05) is 13.2 Å². The van der Waals surface area contributed by atoms with E-state index < -0.39 is 75.9 Å². The number of hydrogen-bond acceptors (Lipinski definition) is 5. The largest absolute Gasteiger partial charge is 0.432 e. The highest BCUT2D eigenvalue weighted by Gasteiger charge is 2.42. The van der Waals surface area contributed by atoms with Crippen LogP contribution in [0.5, 0.6) is 11.5 Å². The fourth-order valence-electron chi connectivity index (χ4n) is 5.12. The van der Waals surface area contributed by atoms with Crippen molar-refractivity contribution in [3.8, 4) is 22.6 Å². The van der Waals surface area contributed by atoms with E-state index in [4.69, 9.17) is 14.2 Å². The summed E-state index contributed by atoms with van der Waals surface area (Å²) in [7, 11) is 0. The van der Waals surface area contributed by atoms with Gasteiger partial charge in [-0.3, -0.25) is 0 Å². The minimum Gasteiger partial charge on any atom is -0.429 e. The zero-order chi connectivity index (χ0) is 34.6. The maximum Gasteiger partial charge on any atom is 0.432 e. The summed E-state index contributed by atoms with van der Waals surface area (Å²) in [6.45, 7) is 3.32. The first-order valence-corrected chi connectivity index (χ1v) is 14.9. The molecule has 0 N–H and O–H groups in total. The van der Waals surface area contributed by atoms with Crippen LogP contribution in [0.15, 0.2) is 66.7 Å². The molecule has 5 rings (SSSR count). The first kappa shape index (κ1) is 34.8. The maximum atomic E-state index is 15.0. The van der Waals surface area contributed by atoms with Gasteiger partial charge in [0.15, 0.2) is 23.7 Å².